The van der Waals surface area contributed by atoms with E-state index >= 15 is 0 Å². The van der Waals surface area contributed by atoms with Gasteiger partial charge >= 0.3 is 12.1 Å². The summed E-state index contributed by atoms with van der Waals surface area (Å²) in [6.45, 7) is 4.56. The van der Waals surface area contributed by atoms with Crippen molar-refractivity contribution in [1.82, 2.24) is 10.2 Å². The van der Waals surface area contributed by atoms with Crippen molar-refractivity contribution in [3.8, 4) is 11.1 Å². The van der Waals surface area contributed by atoms with E-state index in [1.165, 1.54) is 0 Å². The Morgan fingerprint density at radius 2 is 1.71 bits per heavy atom. The molecule has 0 radical (unpaired) electrons. The molecule has 2 aromatic rings. The molecule has 3 atom stereocenters. The number of aliphatic carboxylic acids is 1. The van der Waals surface area contributed by atoms with Crippen LogP contribution in [0.4, 0.5) is 4.79 Å². The highest BCUT2D eigenvalue weighted by molar-refractivity contribution is 5.87. The summed E-state index contributed by atoms with van der Waals surface area (Å²) in [4.78, 5) is 39.0. The third-order valence-corrected chi connectivity index (χ3v) is 7.17. The maximum atomic E-state index is 13.3. The van der Waals surface area contributed by atoms with E-state index in [1.807, 2.05) is 38.1 Å². The second-order valence-corrected chi connectivity index (χ2v) is 9.26. The largest absolute Gasteiger partial charge is 0.481 e. The first-order chi connectivity index (χ1) is 16.4. The van der Waals surface area contributed by atoms with E-state index in [-0.39, 0.29) is 36.8 Å². The van der Waals surface area contributed by atoms with Gasteiger partial charge in [-0.1, -0.05) is 68.8 Å². The van der Waals surface area contributed by atoms with Gasteiger partial charge in [-0.3, -0.25) is 9.59 Å². The van der Waals surface area contributed by atoms with Gasteiger partial charge in [0.25, 0.3) is 0 Å². The molecular formula is C27H32N2O5. The highest BCUT2D eigenvalue weighted by Crippen LogP contribution is 2.44. The Labute approximate surface area is 200 Å². The third kappa shape index (κ3) is 4.79. The summed E-state index contributed by atoms with van der Waals surface area (Å²) in [6.07, 6.45) is 1.41. The van der Waals surface area contributed by atoms with E-state index < -0.39 is 18.1 Å². The molecule has 34 heavy (non-hydrogen) atoms. The number of hydrogen-bond acceptors (Lipinski definition) is 4. The fourth-order valence-electron chi connectivity index (χ4n) is 5.17. The third-order valence-electron chi connectivity index (χ3n) is 7.17. The van der Waals surface area contributed by atoms with Crippen molar-refractivity contribution in [2.75, 3.05) is 13.2 Å². The molecule has 1 heterocycles. The first-order valence-corrected chi connectivity index (χ1v) is 12.0. The minimum Gasteiger partial charge on any atom is -0.481 e. The van der Waals surface area contributed by atoms with Gasteiger partial charge in [0.05, 0.1) is 6.42 Å². The molecule has 0 saturated carbocycles. The number of hydrogen-bond donors (Lipinski definition) is 2. The zero-order valence-corrected chi connectivity index (χ0v) is 19.7. The van der Waals surface area contributed by atoms with Gasteiger partial charge < -0.3 is 20.1 Å². The summed E-state index contributed by atoms with van der Waals surface area (Å²) in [5.41, 5.74) is 4.55. The molecule has 2 aromatic carbocycles. The summed E-state index contributed by atoms with van der Waals surface area (Å²) >= 11 is 0. The molecule has 7 nitrogen and oxygen atoms in total. The summed E-state index contributed by atoms with van der Waals surface area (Å²) in [6, 6.07) is 15.2. The fourth-order valence-corrected chi connectivity index (χ4v) is 5.17. The van der Waals surface area contributed by atoms with Gasteiger partial charge in [0, 0.05) is 18.5 Å². The first-order valence-electron chi connectivity index (χ1n) is 12.0. The Morgan fingerprint density at radius 3 is 2.29 bits per heavy atom. The van der Waals surface area contributed by atoms with Gasteiger partial charge in [0.2, 0.25) is 5.91 Å². The van der Waals surface area contributed by atoms with Crippen LogP contribution in [0.5, 0.6) is 0 Å². The van der Waals surface area contributed by atoms with E-state index in [9.17, 15) is 19.5 Å². The fraction of sp³-hybridized carbons (Fsp3) is 0.444. The number of nitrogens with one attached hydrogen (secondary N) is 1. The number of carboxylic acids is 1. The van der Waals surface area contributed by atoms with Crippen LogP contribution in [-0.4, -0.2) is 53.2 Å². The van der Waals surface area contributed by atoms with E-state index in [4.69, 9.17) is 4.74 Å². The molecule has 4 rings (SSSR count). The average Bonchev–Trinajstić information content (AvgIpc) is 3.42. The molecule has 1 aliphatic heterocycles. The Kier molecular flexibility index (Phi) is 7.20. The highest BCUT2D eigenvalue weighted by Gasteiger charge is 2.37. The molecule has 0 bridgehead atoms. The molecule has 1 unspecified atom stereocenters. The second kappa shape index (κ2) is 10.3. The number of fused-ring (bicyclic) bond motifs is 3. The van der Waals surface area contributed by atoms with Gasteiger partial charge in [0.1, 0.15) is 12.6 Å². The molecule has 0 spiro atoms. The number of likely N-dealkylation sites (tertiary alicyclic amines) is 1. The van der Waals surface area contributed by atoms with Crippen LogP contribution in [0.1, 0.15) is 56.6 Å². The maximum Gasteiger partial charge on any atom is 0.407 e. The lowest BCUT2D eigenvalue weighted by atomic mass is 9.97. The van der Waals surface area contributed by atoms with Crippen LogP contribution in [0.2, 0.25) is 0 Å². The predicted octanol–water partition coefficient (Wildman–Crippen LogP) is 4.41. The zero-order valence-electron chi connectivity index (χ0n) is 19.7. The number of ether oxygens (including phenoxy) is 1. The molecule has 7 heteroatoms. The Morgan fingerprint density at radius 1 is 1.09 bits per heavy atom. The SMILES string of the molecule is CCC(C)[C@H](NC(=O)OCC1c2ccccc2-c2ccccc21)C(=O)N1CCC[C@H]1CC(=O)O. The van der Waals surface area contributed by atoms with Crippen LogP contribution in [0.15, 0.2) is 48.5 Å². The molecule has 1 saturated heterocycles. The van der Waals surface area contributed by atoms with Crippen molar-refractivity contribution >= 4 is 18.0 Å². The normalized spacial score (nSPS) is 18.6. The van der Waals surface area contributed by atoms with Gasteiger partial charge in [-0.25, -0.2) is 4.79 Å². The van der Waals surface area contributed by atoms with Gasteiger partial charge in [0.15, 0.2) is 0 Å². The summed E-state index contributed by atoms with van der Waals surface area (Å²) in [5, 5.41) is 12.0. The number of rotatable bonds is 8. The molecular weight excluding hydrogens is 432 g/mol. The van der Waals surface area contributed by atoms with Crippen LogP contribution < -0.4 is 5.32 Å². The maximum absolute atomic E-state index is 13.3. The predicted molar refractivity (Wildman–Crippen MR) is 128 cm³/mol. The number of benzene rings is 2. The lowest BCUT2D eigenvalue weighted by Gasteiger charge is -2.31. The number of carbonyl (C=O) groups is 3. The number of carboxylic acid groups (broad SMARTS) is 1. The van der Waals surface area contributed by atoms with Gasteiger partial charge in [-0.2, -0.15) is 0 Å². The number of amides is 2. The summed E-state index contributed by atoms with van der Waals surface area (Å²) in [5.74, 6) is -1.32. The first kappa shape index (κ1) is 23.8. The molecule has 0 aromatic heterocycles. The molecule has 2 aliphatic rings. The van der Waals surface area contributed by atoms with E-state index in [0.717, 1.165) is 28.7 Å². The molecule has 1 fully saturated rings. The van der Waals surface area contributed by atoms with Crippen molar-refractivity contribution < 1.29 is 24.2 Å². The Hall–Kier alpha value is -3.35. The van der Waals surface area contributed by atoms with Crippen LogP contribution in [0.3, 0.4) is 0 Å². The van der Waals surface area contributed by atoms with Crippen molar-refractivity contribution in [3.63, 3.8) is 0 Å². The Balaban J connectivity index is 1.44. The number of nitrogens with zero attached hydrogens (tertiary/aromatic N) is 1. The standard InChI is InChI=1S/C27H32N2O5/c1-3-17(2)25(26(32)29-14-8-9-18(29)15-24(30)31)28-27(33)34-16-23-21-12-6-4-10-19(21)20-11-5-7-13-22(20)23/h4-7,10-13,17-18,23,25H,3,8-9,14-16H2,1-2H3,(H,28,33)(H,30,31)/t17?,18-,25-/m0/s1. The molecule has 2 amide bonds. The average molecular weight is 465 g/mol. The smallest absolute Gasteiger partial charge is 0.407 e. The van der Waals surface area contributed by atoms with Crippen molar-refractivity contribution in [1.29, 1.82) is 0 Å². The van der Waals surface area contributed by atoms with Crippen molar-refractivity contribution in [2.45, 2.75) is 57.5 Å². The van der Waals surface area contributed by atoms with E-state index in [2.05, 4.69) is 29.6 Å². The van der Waals surface area contributed by atoms with Crippen molar-refractivity contribution in [2.24, 2.45) is 5.92 Å². The van der Waals surface area contributed by atoms with Crippen LogP contribution in [0.25, 0.3) is 11.1 Å². The number of alkyl carbamates (subject to hydrolysis) is 1. The van der Waals surface area contributed by atoms with Crippen LogP contribution >= 0.6 is 0 Å². The lowest BCUT2D eigenvalue weighted by Crippen LogP contribution is -2.53. The quantitative estimate of drug-likeness (QED) is 0.604. The van der Waals surface area contributed by atoms with Gasteiger partial charge in [-0.15, -0.1) is 0 Å². The topological polar surface area (TPSA) is 95.9 Å². The van der Waals surface area contributed by atoms with Crippen LogP contribution in [-0.2, 0) is 14.3 Å². The van der Waals surface area contributed by atoms with Crippen molar-refractivity contribution in [3.05, 3.63) is 59.7 Å². The van der Waals surface area contributed by atoms with Crippen LogP contribution in [0, 0.1) is 5.92 Å². The molecule has 2 N–H and O–H groups in total. The molecule has 1 aliphatic carbocycles. The molecule has 180 valence electrons. The monoisotopic (exact) mass is 464 g/mol. The zero-order chi connectivity index (χ0) is 24.2. The van der Waals surface area contributed by atoms with E-state index in [1.54, 1.807) is 4.90 Å². The minimum atomic E-state index is -0.922. The van der Waals surface area contributed by atoms with E-state index in [0.29, 0.717) is 19.4 Å². The minimum absolute atomic E-state index is 0.0607. The summed E-state index contributed by atoms with van der Waals surface area (Å²) < 4.78 is 5.65. The summed E-state index contributed by atoms with van der Waals surface area (Å²) in [7, 11) is 0. The number of carbonyl (C=O) groups excluding carboxylic acids is 2. The Bertz CT molecular complexity index is 1020. The lowest BCUT2D eigenvalue weighted by molar-refractivity contribution is -0.141. The highest BCUT2D eigenvalue weighted by atomic mass is 16.5. The van der Waals surface area contributed by atoms with Gasteiger partial charge in [-0.05, 0) is 41.0 Å². The second-order valence-electron chi connectivity index (χ2n) is 9.26.